The third-order valence-electron chi connectivity index (χ3n) is 3.16. The topological polar surface area (TPSA) is 226 Å². The number of carboxylic acid groups (broad SMARTS) is 1. The van der Waals surface area contributed by atoms with Crippen LogP contribution in [0.25, 0.3) is 0 Å². The largest absolute Gasteiger partial charge is 0.480 e. The number of amides is 2. The van der Waals surface area contributed by atoms with Gasteiger partial charge in [0.05, 0.1) is 12.7 Å². The average molecular weight is 362 g/mol. The van der Waals surface area contributed by atoms with Gasteiger partial charge < -0.3 is 43.2 Å². The van der Waals surface area contributed by atoms with Crippen molar-refractivity contribution in [2.45, 2.75) is 44.0 Å². The Kier molecular flexibility index (Phi) is 10.1. The van der Waals surface area contributed by atoms with E-state index >= 15 is 0 Å². The number of nitrogens with zero attached hydrogens (tertiary/aromatic N) is 1. The minimum absolute atomic E-state index is 0.0362. The van der Waals surface area contributed by atoms with E-state index in [0.717, 1.165) is 0 Å². The van der Waals surface area contributed by atoms with Gasteiger partial charge in [0, 0.05) is 6.54 Å². The van der Waals surface area contributed by atoms with E-state index in [2.05, 4.69) is 15.6 Å². The minimum atomic E-state index is -1.43. The molecule has 0 bridgehead atoms. The maximum atomic E-state index is 12.2. The lowest BCUT2D eigenvalue weighted by Crippen LogP contribution is -2.58. The van der Waals surface area contributed by atoms with E-state index in [9.17, 15) is 19.5 Å². The molecule has 4 atom stereocenters. The molecule has 0 aliphatic carbocycles. The van der Waals surface area contributed by atoms with Crippen LogP contribution in [-0.4, -0.2) is 76.4 Å². The number of aliphatic hydroxyl groups excluding tert-OH is 2. The molecule has 0 radical (unpaired) electrons. The van der Waals surface area contributed by atoms with Gasteiger partial charge in [0.15, 0.2) is 5.96 Å². The van der Waals surface area contributed by atoms with Gasteiger partial charge in [-0.25, -0.2) is 4.79 Å². The predicted molar refractivity (Wildman–Crippen MR) is 88.2 cm³/mol. The molecule has 0 aliphatic heterocycles. The number of guanidine groups is 1. The second kappa shape index (κ2) is 11.2. The van der Waals surface area contributed by atoms with Crippen LogP contribution >= 0.6 is 0 Å². The van der Waals surface area contributed by atoms with E-state index in [0.29, 0.717) is 0 Å². The summed E-state index contributed by atoms with van der Waals surface area (Å²) < 4.78 is 0. The van der Waals surface area contributed by atoms with Crippen molar-refractivity contribution >= 4 is 23.7 Å². The molecule has 12 nitrogen and oxygen atoms in total. The molecule has 25 heavy (non-hydrogen) atoms. The number of hydrogen-bond acceptors (Lipinski definition) is 7. The van der Waals surface area contributed by atoms with Gasteiger partial charge in [0.25, 0.3) is 0 Å². The van der Waals surface area contributed by atoms with Crippen LogP contribution < -0.4 is 27.8 Å². The first-order chi connectivity index (χ1) is 11.6. The number of aliphatic carboxylic acids is 1. The van der Waals surface area contributed by atoms with Gasteiger partial charge in [-0.05, 0) is 19.8 Å². The van der Waals surface area contributed by atoms with Gasteiger partial charge in [-0.2, -0.15) is 0 Å². The van der Waals surface area contributed by atoms with Crippen molar-refractivity contribution in [3.8, 4) is 0 Å². The zero-order valence-corrected chi connectivity index (χ0v) is 13.9. The molecule has 0 heterocycles. The van der Waals surface area contributed by atoms with Crippen molar-refractivity contribution in [1.29, 1.82) is 0 Å². The van der Waals surface area contributed by atoms with E-state index in [4.69, 9.17) is 27.4 Å². The Balaban J connectivity index is 4.83. The Hall–Kier alpha value is -2.44. The molecule has 0 fully saturated rings. The van der Waals surface area contributed by atoms with Gasteiger partial charge in [-0.15, -0.1) is 0 Å². The van der Waals surface area contributed by atoms with E-state index in [1.54, 1.807) is 0 Å². The molecule has 0 unspecified atom stereocenters. The Morgan fingerprint density at radius 3 is 2.20 bits per heavy atom. The van der Waals surface area contributed by atoms with Crippen LogP contribution in [-0.2, 0) is 14.4 Å². The van der Waals surface area contributed by atoms with Gasteiger partial charge in [-0.1, -0.05) is 0 Å². The number of nitrogens with two attached hydrogens (primary N) is 3. The Morgan fingerprint density at radius 1 is 1.16 bits per heavy atom. The Labute approximate surface area is 144 Å². The maximum Gasteiger partial charge on any atom is 0.326 e. The molecule has 12 heteroatoms. The lowest BCUT2D eigenvalue weighted by molar-refractivity contribution is -0.143. The molecule has 0 rings (SSSR count). The molecule has 0 aromatic rings. The van der Waals surface area contributed by atoms with Crippen LogP contribution in [0.1, 0.15) is 19.8 Å². The highest BCUT2D eigenvalue weighted by molar-refractivity contribution is 5.92. The molecule has 2 amide bonds. The van der Waals surface area contributed by atoms with E-state index < -0.39 is 48.6 Å². The second-order valence-corrected chi connectivity index (χ2v) is 5.36. The van der Waals surface area contributed by atoms with Gasteiger partial charge in [0.1, 0.15) is 18.1 Å². The van der Waals surface area contributed by atoms with Gasteiger partial charge in [0.2, 0.25) is 11.8 Å². The summed E-state index contributed by atoms with van der Waals surface area (Å²) in [5.41, 5.74) is 15.6. The SMILES string of the molecule is C[C@@H](O)[C@H](NC(=O)[C@@H](N)CO)C(=O)N[C@@H](CCCN=C(N)N)C(=O)O. The lowest BCUT2D eigenvalue weighted by Gasteiger charge is -2.24. The van der Waals surface area contributed by atoms with Crippen molar-refractivity contribution in [3.05, 3.63) is 0 Å². The summed E-state index contributed by atoms with van der Waals surface area (Å²) in [5, 5.41) is 32.0. The molecular formula is C13H26N6O6. The number of aliphatic hydroxyl groups is 2. The summed E-state index contributed by atoms with van der Waals surface area (Å²) in [6.45, 7) is 0.774. The summed E-state index contributed by atoms with van der Waals surface area (Å²) in [6, 6.07) is -3.96. The van der Waals surface area contributed by atoms with Gasteiger partial charge in [-0.3, -0.25) is 14.6 Å². The van der Waals surface area contributed by atoms with Crippen molar-refractivity contribution in [3.63, 3.8) is 0 Å². The van der Waals surface area contributed by atoms with Crippen LogP contribution in [0.15, 0.2) is 4.99 Å². The third-order valence-corrected chi connectivity index (χ3v) is 3.16. The highest BCUT2D eigenvalue weighted by Gasteiger charge is 2.30. The Morgan fingerprint density at radius 2 is 1.76 bits per heavy atom. The lowest BCUT2D eigenvalue weighted by atomic mass is 10.1. The fraction of sp³-hybridized carbons (Fsp3) is 0.692. The highest BCUT2D eigenvalue weighted by Crippen LogP contribution is 2.02. The number of carbonyl (C=O) groups is 3. The normalized spacial score (nSPS) is 15.4. The number of hydrogen-bond donors (Lipinski definition) is 8. The monoisotopic (exact) mass is 362 g/mol. The quantitative estimate of drug-likeness (QED) is 0.101. The van der Waals surface area contributed by atoms with E-state index in [1.165, 1.54) is 6.92 Å². The number of rotatable bonds is 11. The summed E-state index contributed by atoms with van der Waals surface area (Å²) in [5.74, 6) is -3.18. The zero-order chi connectivity index (χ0) is 19.6. The van der Waals surface area contributed by atoms with Crippen LogP contribution in [0, 0.1) is 0 Å². The summed E-state index contributed by atoms with van der Waals surface area (Å²) in [4.78, 5) is 38.7. The molecule has 0 aromatic heterocycles. The molecule has 0 spiro atoms. The van der Waals surface area contributed by atoms with Crippen molar-refractivity contribution in [2.75, 3.05) is 13.2 Å². The summed E-state index contributed by atoms with van der Waals surface area (Å²) in [6.07, 6.45) is -0.990. The van der Waals surface area contributed by atoms with Crippen LogP contribution in [0.2, 0.25) is 0 Å². The summed E-state index contributed by atoms with van der Waals surface area (Å²) in [7, 11) is 0. The zero-order valence-electron chi connectivity index (χ0n) is 13.9. The van der Waals surface area contributed by atoms with Gasteiger partial charge >= 0.3 is 5.97 Å². The Bertz CT molecular complexity index is 493. The van der Waals surface area contributed by atoms with Crippen LogP contribution in [0.4, 0.5) is 0 Å². The van der Waals surface area contributed by atoms with E-state index in [1.807, 2.05) is 0 Å². The maximum absolute atomic E-state index is 12.2. The third kappa shape index (κ3) is 8.83. The molecule has 11 N–H and O–H groups in total. The first kappa shape index (κ1) is 22.6. The predicted octanol–water partition coefficient (Wildman–Crippen LogP) is -4.21. The van der Waals surface area contributed by atoms with Crippen molar-refractivity contribution in [2.24, 2.45) is 22.2 Å². The van der Waals surface area contributed by atoms with Crippen molar-refractivity contribution in [1.82, 2.24) is 10.6 Å². The fourth-order valence-corrected chi connectivity index (χ4v) is 1.77. The molecule has 0 saturated carbocycles. The van der Waals surface area contributed by atoms with E-state index in [-0.39, 0.29) is 25.3 Å². The fourth-order valence-electron chi connectivity index (χ4n) is 1.77. The summed E-state index contributed by atoms with van der Waals surface area (Å²) >= 11 is 0. The first-order valence-corrected chi connectivity index (χ1v) is 7.53. The second-order valence-electron chi connectivity index (χ2n) is 5.36. The molecule has 0 aromatic carbocycles. The van der Waals surface area contributed by atoms with Crippen LogP contribution in [0.3, 0.4) is 0 Å². The first-order valence-electron chi connectivity index (χ1n) is 7.53. The smallest absolute Gasteiger partial charge is 0.326 e. The average Bonchev–Trinajstić information content (AvgIpc) is 2.53. The number of nitrogens with one attached hydrogen (secondary N) is 2. The highest BCUT2D eigenvalue weighted by atomic mass is 16.4. The molecule has 144 valence electrons. The van der Waals surface area contributed by atoms with Crippen molar-refractivity contribution < 1.29 is 29.7 Å². The number of aliphatic imine (C=N–C) groups is 1. The van der Waals surface area contributed by atoms with Crippen LogP contribution in [0.5, 0.6) is 0 Å². The minimum Gasteiger partial charge on any atom is -0.480 e. The number of carbonyl (C=O) groups excluding carboxylic acids is 2. The molecular weight excluding hydrogens is 336 g/mol. The number of carboxylic acids is 1. The molecule has 0 saturated heterocycles. The molecule has 0 aliphatic rings. The standard InChI is InChI=1S/C13H26N6O6/c1-6(21)9(19-10(22)7(14)5-20)11(23)18-8(12(24)25)3-2-4-17-13(15)16/h6-9,20-21H,2-5,14H2,1H3,(H,18,23)(H,19,22)(H,24,25)(H4,15,16,17)/t6-,7+,8+,9+/m1/s1.